The van der Waals surface area contributed by atoms with E-state index in [-0.39, 0.29) is 17.4 Å². The molecule has 11 heteroatoms. The van der Waals surface area contributed by atoms with E-state index in [2.05, 4.69) is 25.7 Å². The Kier molecular flexibility index (Phi) is 5.48. The summed E-state index contributed by atoms with van der Waals surface area (Å²) in [5.74, 6) is 0.442. The molecule has 4 rings (SSSR count). The first kappa shape index (κ1) is 21.3. The number of aromatic nitrogens is 4. The van der Waals surface area contributed by atoms with Crippen LogP contribution in [0.1, 0.15) is 25.5 Å². The van der Waals surface area contributed by atoms with Crippen molar-refractivity contribution in [3.8, 4) is 17.1 Å². The van der Waals surface area contributed by atoms with Gasteiger partial charge in [-0.3, -0.25) is 0 Å². The van der Waals surface area contributed by atoms with Gasteiger partial charge < -0.3 is 20.5 Å². The SMILES string of the molecule is COc1cc2ncc(-c3cccc(N[C@@H]4CCCNC4)n3)n2nc1C(C)(O)C(F)(F)F. The quantitative estimate of drug-likeness (QED) is 0.566. The van der Waals surface area contributed by atoms with Crippen molar-refractivity contribution in [3.63, 3.8) is 0 Å². The molecule has 31 heavy (non-hydrogen) atoms. The van der Waals surface area contributed by atoms with Crippen LogP contribution < -0.4 is 15.4 Å². The average Bonchev–Trinajstić information content (AvgIpc) is 3.16. The lowest BCUT2D eigenvalue weighted by molar-refractivity contribution is -0.261. The van der Waals surface area contributed by atoms with E-state index >= 15 is 0 Å². The highest BCUT2D eigenvalue weighted by Crippen LogP contribution is 2.41. The van der Waals surface area contributed by atoms with Gasteiger partial charge in [0.05, 0.1) is 19.0 Å². The topological polar surface area (TPSA) is 96.6 Å². The number of ether oxygens (including phenoxy) is 1. The van der Waals surface area contributed by atoms with Gasteiger partial charge in [0.15, 0.2) is 5.65 Å². The molecular formula is C20H23F3N6O2. The lowest BCUT2D eigenvalue weighted by Gasteiger charge is -2.26. The Labute approximate surface area is 176 Å². The number of rotatable bonds is 5. The predicted molar refractivity (Wildman–Crippen MR) is 108 cm³/mol. The van der Waals surface area contributed by atoms with E-state index in [0.717, 1.165) is 25.9 Å². The molecule has 3 aromatic heterocycles. The highest BCUT2D eigenvalue weighted by atomic mass is 19.4. The van der Waals surface area contributed by atoms with Crippen LogP contribution in [0.2, 0.25) is 0 Å². The number of alkyl halides is 3. The number of methoxy groups -OCH3 is 1. The van der Waals surface area contributed by atoms with Crippen LogP contribution in [0.3, 0.4) is 0 Å². The van der Waals surface area contributed by atoms with Crippen LogP contribution in [0.15, 0.2) is 30.5 Å². The maximum absolute atomic E-state index is 13.5. The summed E-state index contributed by atoms with van der Waals surface area (Å²) in [5, 5.41) is 20.9. The minimum absolute atomic E-state index is 0.208. The zero-order valence-corrected chi connectivity index (χ0v) is 17.1. The third kappa shape index (κ3) is 4.02. The standard InChI is InChI=1S/C20H23F3N6O2/c1-19(30,20(21,22)23)18-15(31-2)9-17-25-11-14(29(17)28-18)13-6-3-7-16(27-13)26-12-5-4-8-24-10-12/h3,6-7,9,11-12,24,30H,4-5,8,10H2,1-2H3,(H,26,27)/t12-,19?/m1/s1. The Bertz CT molecular complexity index is 1080. The van der Waals surface area contributed by atoms with Crippen LogP contribution in [0.25, 0.3) is 17.0 Å². The second kappa shape index (κ2) is 7.97. The van der Waals surface area contributed by atoms with Gasteiger partial charge in [0.2, 0.25) is 5.60 Å². The van der Waals surface area contributed by atoms with E-state index in [9.17, 15) is 18.3 Å². The monoisotopic (exact) mass is 436 g/mol. The highest BCUT2D eigenvalue weighted by Gasteiger charge is 2.54. The van der Waals surface area contributed by atoms with Crippen LogP contribution >= 0.6 is 0 Å². The summed E-state index contributed by atoms with van der Waals surface area (Å²) in [5.41, 5.74) is -2.72. The Morgan fingerprint density at radius 3 is 2.81 bits per heavy atom. The van der Waals surface area contributed by atoms with E-state index in [1.807, 2.05) is 6.07 Å². The average molecular weight is 436 g/mol. The number of halogens is 3. The summed E-state index contributed by atoms with van der Waals surface area (Å²) >= 11 is 0. The third-order valence-electron chi connectivity index (χ3n) is 5.35. The summed E-state index contributed by atoms with van der Waals surface area (Å²) in [6, 6.07) is 6.91. The molecule has 3 aromatic rings. The molecule has 1 aliphatic rings. The summed E-state index contributed by atoms with van der Waals surface area (Å²) in [6.45, 7) is 2.46. The molecule has 2 atom stereocenters. The van der Waals surface area contributed by atoms with Gasteiger partial charge in [0.1, 0.15) is 23.0 Å². The largest absolute Gasteiger partial charge is 0.495 e. The summed E-state index contributed by atoms with van der Waals surface area (Å²) < 4.78 is 46.7. The molecule has 1 saturated heterocycles. The highest BCUT2D eigenvalue weighted by molar-refractivity contribution is 5.62. The van der Waals surface area contributed by atoms with Crippen molar-refractivity contribution in [2.45, 2.75) is 37.6 Å². The number of hydrogen-bond donors (Lipinski definition) is 3. The maximum Gasteiger partial charge on any atom is 0.422 e. The smallest absolute Gasteiger partial charge is 0.422 e. The van der Waals surface area contributed by atoms with Crippen molar-refractivity contribution in [2.24, 2.45) is 0 Å². The van der Waals surface area contributed by atoms with E-state index in [1.54, 1.807) is 12.1 Å². The zero-order valence-electron chi connectivity index (χ0n) is 17.1. The number of piperidine rings is 1. The molecule has 1 unspecified atom stereocenters. The lowest BCUT2D eigenvalue weighted by atomic mass is 10.0. The molecule has 8 nitrogen and oxygen atoms in total. The van der Waals surface area contributed by atoms with E-state index in [1.165, 1.54) is 23.9 Å². The first-order chi connectivity index (χ1) is 14.7. The Balaban J connectivity index is 1.75. The number of nitrogens with zero attached hydrogens (tertiary/aromatic N) is 4. The minimum Gasteiger partial charge on any atom is -0.495 e. The van der Waals surface area contributed by atoms with E-state index < -0.39 is 17.5 Å². The number of imidazole rings is 1. The van der Waals surface area contributed by atoms with Gasteiger partial charge in [0.25, 0.3) is 0 Å². The molecule has 3 N–H and O–H groups in total. The Morgan fingerprint density at radius 2 is 2.13 bits per heavy atom. The van der Waals surface area contributed by atoms with Gasteiger partial charge in [-0.05, 0) is 38.4 Å². The number of anilines is 1. The molecule has 1 aliphatic heterocycles. The molecule has 4 heterocycles. The second-order valence-electron chi connectivity index (χ2n) is 7.64. The van der Waals surface area contributed by atoms with Gasteiger partial charge in [-0.1, -0.05) is 6.07 Å². The van der Waals surface area contributed by atoms with Crippen LogP contribution in [0.4, 0.5) is 19.0 Å². The van der Waals surface area contributed by atoms with E-state index in [4.69, 9.17) is 4.74 Å². The molecule has 1 fully saturated rings. The summed E-state index contributed by atoms with van der Waals surface area (Å²) in [6.07, 6.45) is -1.38. The van der Waals surface area contributed by atoms with Gasteiger partial charge >= 0.3 is 6.18 Å². The molecule has 0 spiro atoms. The van der Waals surface area contributed by atoms with Crippen molar-refractivity contribution in [3.05, 3.63) is 36.2 Å². The van der Waals surface area contributed by atoms with Gasteiger partial charge in [-0.15, -0.1) is 0 Å². The second-order valence-corrected chi connectivity index (χ2v) is 7.64. The van der Waals surface area contributed by atoms with Gasteiger partial charge in [-0.25, -0.2) is 14.5 Å². The first-order valence-electron chi connectivity index (χ1n) is 9.88. The summed E-state index contributed by atoms with van der Waals surface area (Å²) in [4.78, 5) is 8.81. The fourth-order valence-corrected chi connectivity index (χ4v) is 3.54. The number of nitrogens with one attached hydrogen (secondary N) is 2. The third-order valence-corrected chi connectivity index (χ3v) is 5.35. The fourth-order valence-electron chi connectivity index (χ4n) is 3.54. The number of fused-ring (bicyclic) bond motifs is 1. The molecule has 0 aliphatic carbocycles. The molecule has 0 radical (unpaired) electrons. The molecule has 0 aromatic carbocycles. The van der Waals surface area contributed by atoms with Crippen LogP contribution in [0, 0.1) is 0 Å². The van der Waals surface area contributed by atoms with Gasteiger partial charge in [0, 0.05) is 18.7 Å². The fraction of sp³-hybridized carbons (Fsp3) is 0.450. The predicted octanol–water partition coefficient (Wildman–Crippen LogP) is 2.73. The number of pyridine rings is 1. The molecule has 0 bridgehead atoms. The van der Waals surface area contributed by atoms with Crippen LogP contribution in [0.5, 0.6) is 5.75 Å². The number of hydrogen-bond acceptors (Lipinski definition) is 7. The first-order valence-corrected chi connectivity index (χ1v) is 9.88. The number of aliphatic hydroxyl groups is 1. The summed E-state index contributed by atoms with van der Waals surface area (Å²) in [7, 11) is 1.21. The normalized spacial score (nSPS) is 19.2. The van der Waals surface area contributed by atoms with Crippen molar-refractivity contribution in [1.29, 1.82) is 0 Å². The van der Waals surface area contributed by atoms with Crippen molar-refractivity contribution in [2.75, 3.05) is 25.5 Å². The molecule has 166 valence electrons. The van der Waals surface area contributed by atoms with E-state index in [0.29, 0.717) is 24.1 Å². The zero-order chi connectivity index (χ0) is 22.2. The maximum atomic E-state index is 13.5. The van der Waals surface area contributed by atoms with Crippen molar-refractivity contribution >= 4 is 11.5 Å². The van der Waals surface area contributed by atoms with Gasteiger partial charge in [-0.2, -0.15) is 18.3 Å². The Morgan fingerprint density at radius 1 is 1.32 bits per heavy atom. The lowest BCUT2D eigenvalue weighted by Crippen LogP contribution is -2.40. The molecular weight excluding hydrogens is 413 g/mol. The minimum atomic E-state index is -4.95. The van der Waals surface area contributed by atoms with Crippen molar-refractivity contribution < 1.29 is 23.0 Å². The Hall–Kier alpha value is -2.92. The molecule has 0 saturated carbocycles. The molecule has 0 amide bonds. The van der Waals surface area contributed by atoms with Crippen molar-refractivity contribution in [1.82, 2.24) is 24.9 Å². The van der Waals surface area contributed by atoms with Crippen LogP contribution in [-0.4, -0.2) is 57.1 Å². The van der Waals surface area contributed by atoms with Crippen LogP contribution in [-0.2, 0) is 5.60 Å².